The summed E-state index contributed by atoms with van der Waals surface area (Å²) >= 11 is 0. The predicted octanol–water partition coefficient (Wildman–Crippen LogP) is 0.741. The zero-order valence-corrected chi connectivity index (χ0v) is 10.7. The van der Waals surface area contributed by atoms with E-state index in [1.807, 2.05) is 30.3 Å². The highest BCUT2D eigenvalue weighted by atomic mass is 35.5. The number of amides is 1. The fourth-order valence-corrected chi connectivity index (χ4v) is 1.37. The molecule has 1 rings (SSSR count). The van der Waals surface area contributed by atoms with E-state index in [-0.39, 0.29) is 18.3 Å². The number of hydrogen-bond acceptors (Lipinski definition) is 3. The molecule has 0 spiro atoms. The van der Waals surface area contributed by atoms with Gasteiger partial charge in [-0.2, -0.15) is 0 Å². The Labute approximate surface area is 108 Å². The van der Waals surface area contributed by atoms with Gasteiger partial charge >= 0.3 is 0 Å². The van der Waals surface area contributed by atoms with Crippen LogP contribution in [-0.2, 0) is 16.0 Å². The van der Waals surface area contributed by atoms with Gasteiger partial charge in [0.1, 0.15) is 0 Å². The molecular formula is C12H19ClN2O2. The van der Waals surface area contributed by atoms with Crippen LogP contribution in [0.4, 0.5) is 0 Å². The van der Waals surface area contributed by atoms with Gasteiger partial charge in [-0.1, -0.05) is 30.3 Å². The smallest absolute Gasteiger partial charge is 0.237 e. The Morgan fingerprint density at radius 1 is 1.41 bits per heavy atom. The van der Waals surface area contributed by atoms with Crippen molar-refractivity contribution in [3.8, 4) is 0 Å². The minimum absolute atomic E-state index is 0. The number of nitrogens with one attached hydrogen (secondary N) is 1. The standard InChI is InChI=1S/C12H18N2O2.ClH/c1-16-8-7-14-12(15)11(13)9-10-5-3-2-4-6-10;/h2-6,11H,7-9,13H2,1H3,(H,14,15);1H. The molecule has 17 heavy (non-hydrogen) atoms. The summed E-state index contributed by atoms with van der Waals surface area (Å²) in [6, 6.07) is 9.23. The second kappa shape index (κ2) is 8.98. The summed E-state index contributed by atoms with van der Waals surface area (Å²) in [4.78, 5) is 11.5. The van der Waals surface area contributed by atoms with Crippen molar-refractivity contribution in [1.82, 2.24) is 5.32 Å². The van der Waals surface area contributed by atoms with Crippen molar-refractivity contribution in [2.24, 2.45) is 5.73 Å². The maximum atomic E-state index is 11.5. The Morgan fingerprint density at radius 3 is 2.65 bits per heavy atom. The average Bonchev–Trinajstić information content (AvgIpc) is 2.30. The first-order chi connectivity index (χ1) is 7.74. The molecule has 1 unspecified atom stereocenters. The topological polar surface area (TPSA) is 64.3 Å². The van der Waals surface area contributed by atoms with E-state index in [1.54, 1.807) is 7.11 Å². The van der Waals surface area contributed by atoms with Crippen LogP contribution in [0, 0.1) is 0 Å². The van der Waals surface area contributed by atoms with E-state index in [1.165, 1.54) is 0 Å². The monoisotopic (exact) mass is 258 g/mol. The minimum Gasteiger partial charge on any atom is -0.383 e. The summed E-state index contributed by atoms with van der Waals surface area (Å²) < 4.78 is 4.83. The number of ether oxygens (including phenoxy) is 1. The third kappa shape index (κ3) is 6.26. The Kier molecular flexibility index (Phi) is 8.40. The van der Waals surface area contributed by atoms with Crippen LogP contribution >= 0.6 is 12.4 Å². The Bertz CT molecular complexity index is 320. The van der Waals surface area contributed by atoms with Gasteiger partial charge in [0.15, 0.2) is 0 Å². The number of carbonyl (C=O) groups excluding carboxylic acids is 1. The number of methoxy groups -OCH3 is 1. The van der Waals surface area contributed by atoms with Crippen molar-refractivity contribution < 1.29 is 9.53 Å². The number of halogens is 1. The van der Waals surface area contributed by atoms with Crippen LogP contribution in [0.5, 0.6) is 0 Å². The normalized spacial score (nSPS) is 11.4. The molecule has 1 aromatic carbocycles. The molecule has 96 valence electrons. The van der Waals surface area contributed by atoms with Gasteiger partial charge in [0.25, 0.3) is 0 Å². The summed E-state index contributed by atoms with van der Waals surface area (Å²) in [7, 11) is 1.59. The Hall–Kier alpha value is -1.10. The number of nitrogens with two attached hydrogens (primary N) is 1. The maximum Gasteiger partial charge on any atom is 0.237 e. The van der Waals surface area contributed by atoms with Gasteiger partial charge in [-0.25, -0.2) is 0 Å². The first-order valence-electron chi connectivity index (χ1n) is 5.30. The number of carbonyl (C=O) groups is 1. The average molecular weight is 259 g/mol. The molecule has 0 heterocycles. The molecule has 0 bridgehead atoms. The molecule has 3 N–H and O–H groups in total. The molecule has 1 atom stereocenters. The molecule has 5 heteroatoms. The highest BCUT2D eigenvalue weighted by Gasteiger charge is 2.12. The lowest BCUT2D eigenvalue weighted by Crippen LogP contribution is -2.43. The van der Waals surface area contributed by atoms with Crippen molar-refractivity contribution in [3.63, 3.8) is 0 Å². The van der Waals surface area contributed by atoms with Gasteiger partial charge in [-0.05, 0) is 12.0 Å². The Balaban J connectivity index is 0.00000256. The lowest BCUT2D eigenvalue weighted by Gasteiger charge is -2.11. The summed E-state index contributed by atoms with van der Waals surface area (Å²) in [6.07, 6.45) is 0.555. The minimum atomic E-state index is -0.501. The fraction of sp³-hybridized carbons (Fsp3) is 0.417. The van der Waals surface area contributed by atoms with Crippen LogP contribution < -0.4 is 11.1 Å². The lowest BCUT2D eigenvalue weighted by molar-refractivity contribution is -0.122. The molecule has 0 saturated heterocycles. The van der Waals surface area contributed by atoms with Crippen molar-refractivity contribution in [1.29, 1.82) is 0 Å². The summed E-state index contributed by atoms with van der Waals surface area (Å²) in [6.45, 7) is 1.00. The van der Waals surface area contributed by atoms with E-state index in [9.17, 15) is 4.79 Å². The molecule has 1 amide bonds. The number of benzene rings is 1. The molecular weight excluding hydrogens is 240 g/mol. The molecule has 0 aliphatic carbocycles. The van der Waals surface area contributed by atoms with Crippen molar-refractivity contribution in [3.05, 3.63) is 35.9 Å². The summed E-state index contributed by atoms with van der Waals surface area (Å²) in [5, 5.41) is 2.71. The van der Waals surface area contributed by atoms with E-state index in [2.05, 4.69) is 5.32 Å². The Morgan fingerprint density at radius 2 is 2.06 bits per heavy atom. The van der Waals surface area contributed by atoms with Crippen LogP contribution in [0.25, 0.3) is 0 Å². The quantitative estimate of drug-likeness (QED) is 0.740. The molecule has 0 radical (unpaired) electrons. The predicted molar refractivity (Wildman–Crippen MR) is 70.3 cm³/mol. The van der Waals surface area contributed by atoms with Gasteiger partial charge in [0, 0.05) is 13.7 Å². The van der Waals surface area contributed by atoms with E-state index in [0.29, 0.717) is 19.6 Å². The van der Waals surface area contributed by atoms with Crippen molar-refractivity contribution in [2.45, 2.75) is 12.5 Å². The van der Waals surface area contributed by atoms with Crippen LogP contribution in [0.15, 0.2) is 30.3 Å². The number of hydrogen-bond donors (Lipinski definition) is 2. The van der Waals surface area contributed by atoms with E-state index in [0.717, 1.165) is 5.56 Å². The second-order valence-corrected chi connectivity index (χ2v) is 3.58. The third-order valence-electron chi connectivity index (χ3n) is 2.24. The van der Waals surface area contributed by atoms with Crippen molar-refractivity contribution in [2.75, 3.05) is 20.3 Å². The SMILES string of the molecule is COCCNC(=O)C(N)Cc1ccccc1.Cl. The van der Waals surface area contributed by atoms with Gasteiger partial charge in [0.2, 0.25) is 5.91 Å². The molecule has 0 aliphatic rings. The van der Waals surface area contributed by atoms with Crippen LogP contribution in [0.3, 0.4) is 0 Å². The van der Waals surface area contributed by atoms with Gasteiger partial charge in [-0.3, -0.25) is 4.79 Å². The van der Waals surface area contributed by atoms with Crippen LogP contribution in [-0.4, -0.2) is 32.2 Å². The number of rotatable bonds is 6. The summed E-state index contributed by atoms with van der Waals surface area (Å²) in [5.41, 5.74) is 6.85. The molecule has 1 aromatic rings. The van der Waals surface area contributed by atoms with E-state index >= 15 is 0 Å². The van der Waals surface area contributed by atoms with Gasteiger partial charge in [0.05, 0.1) is 12.6 Å². The van der Waals surface area contributed by atoms with E-state index in [4.69, 9.17) is 10.5 Å². The molecule has 4 nitrogen and oxygen atoms in total. The van der Waals surface area contributed by atoms with Crippen molar-refractivity contribution >= 4 is 18.3 Å². The second-order valence-electron chi connectivity index (χ2n) is 3.58. The third-order valence-corrected chi connectivity index (χ3v) is 2.24. The molecule has 0 aromatic heterocycles. The van der Waals surface area contributed by atoms with Crippen LogP contribution in [0.1, 0.15) is 5.56 Å². The zero-order valence-electron chi connectivity index (χ0n) is 9.89. The van der Waals surface area contributed by atoms with Gasteiger partial charge in [-0.15, -0.1) is 12.4 Å². The van der Waals surface area contributed by atoms with E-state index < -0.39 is 6.04 Å². The largest absolute Gasteiger partial charge is 0.383 e. The maximum absolute atomic E-state index is 11.5. The highest BCUT2D eigenvalue weighted by Crippen LogP contribution is 2.01. The molecule has 0 aliphatic heterocycles. The molecule has 0 saturated carbocycles. The zero-order chi connectivity index (χ0) is 11.8. The van der Waals surface area contributed by atoms with Crippen LogP contribution in [0.2, 0.25) is 0 Å². The highest BCUT2D eigenvalue weighted by molar-refractivity contribution is 5.85. The van der Waals surface area contributed by atoms with Gasteiger partial charge < -0.3 is 15.8 Å². The molecule has 0 fully saturated rings. The first kappa shape index (κ1) is 15.9. The summed E-state index contributed by atoms with van der Waals surface area (Å²) in [5.74, 6) is -0.138. The lowest BCUT2D eigenvalue weighted by atomic mass is 10.1. The fourth-order valence-electron chi connectivity index (χ4n) is 1.37. The first-order valence-corrected chi connectivity index (χ1v) is 5.30.